The monoisotopic (exact) mass is 383 g/mol. The highest BCUT2D eigenvalue weighted by atomic mass is 35.5. The molecule has 1 aromatic heterocycles. The minimum atomic E-state index is 0.0530. The van der Waals surface area contributed by atoms with Gasteiger partial charge in [-0.2, -0.15) is 0 Å². The van der Waals surface area contributed by atoms with Crippen molar-refractivity contribution in [2.45, 2.75) is 46.2 Å². The molecule has 0 N–H and O–H groups in total. The number of carbonyl (C=O) groups is 1. The van der Waals surface area contributed by atoms with Crippen molar-refractivity contribution in [3.05, 3.63) is 64.9 Å². The van der Waals surface area contributed by atoms with E-state index in [1.165, 1.54) is 0 Å². The molecule has 3 rings (SSSR count). The second-order valence-electron chi connectivity index (χ2n) is 6.76. The Labute approximate surface area is 165 Å². The number of aromatic nitrogens is 2. The third-order valence-corrected chi connectivity index (χ3v) is 4.89. The van der Waals surface area contributed by atoms with Gasteiger partial charge >= 0.3 is 0 Å². The second kappa shape index (κ2) is 9.05. The normalized spacial score (nSPS) is 11.1. The maximum Gasteiger partial charge on any atom is 0.254 e. The molecule has 1 heterocycles. The van der Waals surface area contributed by atoms with Gasteiger partial charge in [0, 0.05) is 23.7 Å². The largest absolute Gasteiger partial charge is 0.331 e. The van der Waals surface area contributed by atoms with E-state index in [1.807, 2.05) is 53.4 Å². The van der Waals surface area contributed by atoms with Gasteiger partial charge in [0.05, 0.1) is 17.6 Å². The summed E-state index contributed by atoms with van der Waals surface area (Å²) in [6.45, 7) is 6.36. The fourth-order valence-corrected chi connectivity index (χ4v) is 3.44. The Kier molecular flexibility index (Phi) is 6.51. The van der Waals surface area contributed by atoms with E-state index < -0.39 is 0 Å². The number of carbonyl (C=O) groups excluding carboxylic acids is 1. The molecule has 4 nitrogen and oxygen atoms in total. The maximum absolute atomic E-state index is 13.1. The van der Waals surface area contributed by atoms with Crippen LogP contribution in [0, 0.1) is 0 Å². The molecule has 1 amide bonds. The van der Waals surface area contributed by atoms with Gasteiger partial charge in [0.2, 0.25) is 0 Å². The molecule has 3 aromatic rings. The first-order chi connectivity index (χ1) is 13.1. The van der Waals surface area contributed by atoms with Crippen LogP contribution < -0.4 is 0 Å². The first kappa shape index (κ1) is 19.4. The van der Waals surface area contributed by atoms with Crippen LogP contribution in [-0.2, 0) is 13.1 Å². The van der Waals surface area contributed by atoms with Crippen molar-refractivity contribution in [2.24, 2.45) is 0 Å². The summed E-state index contributed by atoms with van der Waals surface area (Å²) in [5.74, 6) is 0.965. The molecule has 5 heteroatoms. The van der Waals surface area contributed by atoms with Crippen LogP contribution in [0.3, 0.4) is 0 Å². The van der Waals surface area contributed by atoms with E-state index in [0.717, 1.165) is 54.8 Å². The van der Waals surface area contributed by atoms with Crippen LogP contribution in [0.25, 0.3) is 11.0 Å². The van der Waals surface area contributed by atoms with Gasteiger partial charge < -0.3 is 9.47 Å². The number of fused-ring (bicyclic) bond motifs is 1. The highest BCUT2D eigenvalue weighted by molar-refractivity contribution is 6.31. The van der Waals surface area contributed by atoms with Gasteiger partial charge in [0.1, 0.15) is 5.82 Å². The van der Waals surface area contributed by atoms with Crippen LogP contribution in [0.15, 0.2) is 48.5 Å². The number of aryl methyl sites for hydroxylation is 1. The maximum atomic E-state index is 13.1. The molecular weight excluding hydrogens is 358 g/mol. The molecule has 0 radical (unpaired) electrons. The molecule has 0 spiro atoms. The number of hydrogen-bond acceptors (Lipinski definition) is 2. The van der Waals surface area contributed by atoms with E-state index in [1.54, 1.807) is 0 Å². The zero-order valence-electron chi connectivity index (χ0n) is 16.0. The summed E-state index contributed by atoms with van der Waals surface area (Å²) in [5.41, 5.74) is 2.67. The molecule has 0 aliphatic rings. The molecule has 0 fully saturated rings. The van der Waals surface area contributed by atoms with Crippen molar-refractivity contribution in [1.82, 2.24) is 14.5 Å². The molecule has 0 aliphatic carbocycles. The zero-order valence-corrected chi connectivity index (χ0v) is 16.7. The number of hydrogen-bond donors (Lipinski definition) is 0. The molecule has 0 aliphatic heterocycles. The minimum Gasteiger partial charge on any atom is -0.331 e. The first-order valence-electron chi connectivity index (χ1n) is 9.63. The Morgan fingerprint density at radius 1 is 1.11 bits per heavy atom. The average Bonchev–Trinajstić information content (AvgIpc) is 3.02. The summed E-state index contributed by atoms with van der Waals surface area (Å²) in [7, 11) is 0. The van der Waals surface area contributed by atoms with Gasteiger partial charge in [-0.25, -0.2) is 4.98 Å². The number of rotatable bonds is 8. The molecular formula is C22H26ClN3O. The van der Waals surface area contributed by atoms with Gasteiger partial charge in [0.25, 0.3) is 5.91 Å². The molecule has 0 bridgehead atoms. The number of unbranched alkanes of at least 4 members (excludes halogenated alkanes) is 1. The van der Waals surface area contributed by atoms with Gasteiger partial charge in [-0.05, 0) is 43.2 Å². The molecule has 142 valence electrons. The van der Waals surface area contributed by atoms with Crippen molar-refractivity contribution >= 4 is 28.5 Å². The SMILES string of the molecule is CCCCN(Cc1nc2ccc(Cl)cc2n1CCC)C(=O)c1ccccc1. The molecule has 2 aromatic carbocycles. The fraction of sp³-hybridized carbons (Fsp3) is 0.364. The Balaban J connectivity index is 1.95. The topological polar surface area (TPSA) is 38.1 Å². The van der Waals surface area contributed by atoms with E-state index in [-0.39, 0.29) is 5.91 Å². The number of amides is 1. The van der Waals surface area contributed by atoms with Crippen LogP contribution in [0.4, 0.5) is 0 Å². The predicted molar refractivity (Wildman–Crippen MR) is 111 cm³/mol. The van der Waals surface area contributed by atoms with Gasteiger partial charge in [0.15, 0.2) is 0 Å². The number of halogens is 1. The highest BCUT2D eigenvalue weighted by Gasteiger charge is 2.19. The summed E-state index contributed by atoms with van der Waals surface area (Å²) in [4.78, 5) is 19.8. The van der Waals surface area contributed by atoms with E-state index in [4.69, 9.17) is 16.6 Å². The number of benzene rings is 2. The Hall–Kier alpha value is -2.33. The van der Waals surface area contributed by atoms with Crippen LogP contribution in [0.2, 0.25) is 5.02 Å². The zero-order chi connectivity index (χ0) is 19.2. The lowest BCUT2D eigenvalue weighted by atomic mass is 10.2. The van der Waals surface area contributed by atoms with Crippen LogP contribution >= 0.6 is 11.6 Å². The Bertz CT molecular complexity index is 905. The fourth-order valence-electron chi connectivity index (χ4n) is 3.27. The predicted octanol–water partition coefficient (Wildman–Crippen LogP) is 5.54. The molecule has 27 heavy (non-hydrogen) atoms. The van der Waals surface area contributed by atoms with Crippen molar-refractivity contribution in [3.8, 4) is 0 Å². The highest BCUT2D eigenvalue weighted by Crippen LogP contribution is 2.22. The average molecular weight is 384 g/mol. The van der Waals surface area contributed by atoms with E-state index in [2.05, 4.69) is 18.4 Å². The van der Waals surface area contributed by atoms with Crippen molar-refractivity contribution in [1.29, 1.82) is 0 Å². The summed E-state index contributed by atoms with van der Waals surface area (Å²) < 4.78 is 2.19. The van der Waals surface area contributed by atoms with Crippen LogP contribution in [0.1, 0.15) is 49.3 Å². The first-order valence-corrected chi connectivity index (χ1v) is 10.0. The Morgan fingerprint density at radius 3 is 2.59 bits per heavy atom. The van der Waals surface area contributed by atoms with E-state index >= 15 is 0 Å². The van der Waals surface area contributed by atoms with E-state index in [0.29, 0.717) is 11.6 Å². The summed E-state index contributed by atoms with van der Waals surface area (Å²) in [5, 5.41) is 0.703. The lowest BCUT2D eigenvalue weighted by Crippen LogP contribution is -2.32. The van der Waals surface area contributed by atoms with Gasteiger partial charge in [-0.15, -0.1) is 0 Å². The third kappa shape index (κ3) is 4.51. The number of imidazole rings is 1. The van der Waals surface area contributed by atoms with Gasteiger partial charge in [-0.3, -0.25) is 4.79 Å². The summed E-state index contributed by atoms with van der Waals surface area (Å²) in [6, 6.07) is 15.2. The smallest absolute Gasteiger partial charge is 0.254 e. The molecule has 0 saturated heterocycles. The molecule has 0 unspecified atom stereocenters. The second-order valence-corrected chi connectivity index (χ2v) is 7.20. The van der Waals surface area contributed by atoms with Crippen molar-refractivity contribution in [3.63, 3.8) is 0 Å². The van der Waals surface area contributed by atoms with Crippen molar-refractivity contribution in [2.75, 3.05) is 6.54 Å². The molecule has 0 saturated carbocycles. The number of nitrogens with zero attached hydrogens (tertiary/aromatic N) is 3. The summed E-state index contributed by atoms with van der Waals surface area (Å²) in [6.07, 6.45) is 3.00. The Morgan fingerprint density at radius 2 is 1.89 bits per heavy atom. The van der Waals surface area contributed by atoms with Gasteiger partial charge in [-0.1, -0.05) is 50.1 Å². The van der Waals surface area contributed by atoms with Crippen LogP contribution in [0.5, 0.6) is 0 Å². The van der Waals surface area contributed by atoms with Crippen LogP contribution in [-0.4, -0.2) is 26.9 Å². The molecule has 0 atom stereocenters. The minimum absolute atomic E-state index is 0.0530. The summed E-state index contributed by atoms with van der Waals surface area (Å²) >= 11 is 6.20. The third-order valence-electron chi connectivity index (χ3n) is 4.66. The van der Waals surface area contributed by atoms with Crippen molar-refractivity contribution < 1.29 is 4.79 Å². The lowest BCUT2D eigenvalue weighted by molar-refractivity contribution is 0.0735. The quantitative estimate of drug-likeness (QED) is 0.512. The standard InChI is InChI=1S/C22H26ClN3O/c1-3-5-14-25(22(27)17-9-7-6-8-10-17)16-21-24-19-12-11-18(23)15-20(19)26(21)13-4-2/h6-12,15H,3-5,13-14,16H2,1-2H3. The lowest BCUT2D eigenvalue weighted by Gasteiger charge is -2.23. The van der Waals surface area contributed by atoms with E-state index in [9.17, 15) is 4.79 Å².